The number of carbonyl (C=O) groups excluding carboxylic acids is 2. The van der Waals surface area contributed by atoms with Crippen molar-refractivity contribution in [1.29, 1.82) is 0 Å². The van der Waals surface area contributed by atoms with E-state index < -0.39 is 9.84 Å². The molecule has 2 amide bonds. The first-order valence-corrected chi connectivity index (χ1v) is 15.1. The van der Waals surface area contributed by atoms with Gasteiger partial charge < -0.3 is 19.4 Å². The summed E-state index contributed by atoms with van der Waals surface area (Å²) in [5.74, 6) is 0.389. The summed E-state index contributed by atoms with van der Waals surface area (Å²) in [4.78, 5) is 31.2. The van der Waals surface area contributed by atoms with Crippen LogP contribution in [0.25, 0.3) is 0 Å². The second kappa shape index (κ2) is 14.6. The second-order valence-electron chi connectivity index (χ2n) is 10.3. The number of sulfone groups is 1. The number of unbranched alkanes of at least 4 members (excludes halogenated alkanes) is 1. The normalized spacial score (nSPS) is 15.9. The standard InChI is InChI=1S/C27H45N3O5S/c1-6-14-28(23(4)20-24-9-11-25(12-10-24)36(5,33)34)15-7-8-16-29-18-19-30(17-13-26(29)31)27(32)35-21-22(2)3/h9-12,22-23H,6-8,13-21H2,1-5H3. The molecule has 1 aliphatic heterocycles. The van der Waals surface area contributed by atoms with E-state index in [1.165, 1.54) is 6.26 Å². The lowest BCUT2D eigenvalue weighted by atomic mass is 10.1. The van der Waals surface area contributed by atoms with E-state index in [0.717, 1.165) is 44.3 Å². The highest BCUT2D eigenvalue weighted by molar-refractivity contribution is 7.90. The maximum absolute atomic E-state index is 12.6. The maximum Gasteiger partial charge on any atom is 0.409 e. The van der Waals surface area contributed by atoms with Crippen LogP contribution in [0, 0.1) is 5.92 Å². The van der Waals surface area contributed by atoms with Crippen LogP contribution in [0.15, 0.2) is 29.2 Å². The van der Waals surface area contributed by atoms with Crippen LogP contribution in [0.2, 0.25) is 0 Å². The van der Waals surface area contributed by atoms with Gasteiger partial charge in [-0.3, -0.25) is 4.79 Å². The third-order valence-corrected chi connectivity index (χ3v) is 7.66. The summed E-state index contributed by atoms with van der Waals surface area (Å²) in [7, 11) is -3.18. The number of amides is 2. The second-order valence-corrected chi connectivity index (χ2v) is 12.3. The Kier molecular flexibility index (Phi) is 12.2. The van der Waals surface area contributed by atoms with Gasteiger partial charge in [0.25, 0.3) is 0 Å². The molecule has 0 saturated carbocycles. The van der Waals surface area contributed by atoms with Crippen molar-refractivity contribution in [2.24, 2.45) is 5.92 Å². The highest BCUT2D eigenvalue weighted by Gasteiger charge is 2.24. The summed E-state index contributed by atoms with van der Waals surface area (Å²) in [6, 6.07) is 7.52. The minimum Gasteiger partial charge on any atom is -0.449 e. The lowest BCUT2D eigenvalue weighted by Crippen LogP contribution is -2.38. The van der Waals surface area contributed by atoms with Crippen molar-refractivity contribution in [3.63, 3.8) is 0 Å². The fourth-order valence-corrected chi connectivity index (χ4v) is 5.05. The van der Waals surface area contributed by atoms with Crippen LogP contribution in [-0.4, -0.2) is 93.3 Å². The van der Waals surface area contributed by atoms with Crippen LogP contribution >= 0.6 is 0 Å². The predicted molar refractivity (Wildman–Crippen MR) is 143 cm³/mol. The number of hydrogen-bond acceptors (Lipinski definition) is 6. The zero-order valence-electron chi connectivity index (χ0n) is 22.7. The molecule has 0 N–H and O–H groups in total. The molecule has 1 aliphatic rings. The third-order valence-electron chi connectivity index (χ3n) is 6.53. The Morgan fingerprint density at radius 1 is 1.06 bits per heavy atom. The van der Waals surface area contributed by atoms with Crippen LogP contribution in [0.5, 0.6) is 0 Å². The monoisotopic (exact) mass is 523 g/mol. The van der Waals surface area contributed by atoms with E-state index in [1.807, 2.05) is 30.9 Å². The molecule has 1 aromatic carbocycles. The summed E-state index contributed by atoms with van der Waals surface area (Å²) >= 11 is 0. The van der Waals surface area contributed by atoms with Gasteiger partial charge in [0.1, 0.15) is 0 Å². The van der Waals surface area contributed by atoms with E-state index in [0.29, 0.717) is 50.1 Å². The largest absolute Gasteiger partial charge is 0.449 e. The lowest BCUT2D eigenvalue weighted by molar-refractivity contribution is -0.130. The van der Waals surface area contributed by atoms with Gasteiger partial charge >= 0.3 is 6.09 Å². The van der Waals surface area contributed by atoms with Crippen molar-refractivity contribution in [2.45, 2.75) is 70.7 Å². The van der Waals surface area contributed by atoms with Crippen LogP contribution < -0.4 is 0 Å². The first-order valence-electron chi connectivity index (χ1n) is 13.2. The molecule has 2 rings (SSSR count). The molecule has 1 aromatic rings. The Morgan fingerprint density at radius 2 is 1.75 bits per heavy atom. The lowest BCUT2D eigenvalue weighted by Gasteiger charge is -2.29. The van der Waals surface area contributed by atoms with Crippen LogP contribution in [-0.2, 0) is 25.8 Å². The van der Waals surface area contributed by atoms with Gasteiger partial charge in [0.05, 0.1) is 11.5 Å². The molecule has 1 saturated heterocycles. The van der Waals surface area contributed by atoms with Gasteiger partial charge in [-0.25, -0.2) is 13.2 Å². The van der Waals surface area contributed by atoms with Crippen molar-refractivity contribution in [3.05, 3.63) is 29.8 Å². The van der Waals surface area contributed by atoms with Gasteiger partial charge in [-0.2, -0.15) is 0 Å². The van der Waals surface area contributed by atoms with Crippen LogP contribution in [0.4, 0.5) is 4.79 Å². The molecule has 1 atom stereocenters. The fourth-order valence-electron chi connectivity index (χ4n) is 4.42. The number of carbonyl (C=O) groups is 2. The fraction of sp³-hybridized carbons (Fsp3) is 0.704. The first-order chi connectivity index (χ1) is 17.0. The summed E-state index contributed by atoms with van der Waals surface area (Å²) in [6.07, 6.45) is 5.06. The van der Waals surface area contributed by atoms with Crippen molar-refractivity contribution < 1.29 is 22.7 Å². The Labute approximate surface area is 217 Å². The molecule has 36 heavy (non-hydrogen) atoms. The zero-order valence-corrected chi connectivity index (χ0v) is 23.6. The molecule has 8 nitrogen and oxygen atoms in total. The summed E-state index contributed by atoms with van der Waals surface area (Å²) in [6.45, 7) is 12.9. The molecular weight excluding hydrogens is 478 g/mol. The number of ether oxygens (including phenoxy) is 1. The van der Waals surface area contributed by atoms with Gasteiger partial charge in [0.2, 0.25) is 5.91 Å². The highest BCUT2D eigenvalue weighted by Crippen LogP contribution is 2.15. The van der Waals surface area contributed by atoms with E-state index in [4.69, 9.17) is 4.74 Å². The molecule has 0 radical (unpaired) electrons. The molecule has 9 heteroatoms. The Morgan fingerprint density at radius 3 is 2.36 bits per heavy atom. The van der Waals surface area contributed by atoms with Gasteiger partial charge in [0, 0.05) is 44.9 Å². The molecule has 1 unspecified atom stereocenters. The zero-order chi connectivity index (χ0) is 26.7. The van der Waals surface area contributed by atoms with E-state index in [9.17, 15) is 18.0 Å². The molecule has 1 heterocycles. The smallest absolute Gasteiger partial charge is 0.409 e. The molecule has 0 aliphatic carbocycles. The number of nitrogens with zero attached hydrogens (tertiary/aromatic N) is 3. The minimum atomic E-state index is -3.18. The van der Waals surface area contributed by atoms with Gasteiger partial charge in [-0.15, -0.1) is 0 Å². The molecular formula is C27H45N3O5S. The molecule has 204 valence electrons. The minimum absolute atomic E-state index is 0.102. The summed E-state index contributed by atoms with van der Waals surface area (Å²) < 4.78 is 28.7. The molecule has 0 aromatic heterocycles. The van der Waals surface area contributed by atoms with E-state index in [2.05, 4.69) is 18.7 Å². The third kappa shape index (κ3) is 10.1. The van der Waals surface area contributed by atoms with E-state index >= 15 is 0 Å². The van der Waals surface area contributed by atoms with E-state index in [1.54, 1.807) is 17.0 Å². The average Bonchev–Trinajstić information content (AvgIpc) is 3.00. The predicted octanol–water partition coefficient (Wildman–Crippen LogP) is 3.84. The SMILES string of the molecule is CCCN(CCCCN1CCN(C(=O)OCC(C)C)CCC1=O)C(C)Cc1ccc(S(C)(=O)=O)cc1. The number of hydrogen-bond donors (Lipinski definition) is 0. The molecule has 0 spiro atoms. The summed E-state index contributed by atoms with van der Waals surface area (Å²) in [5, 5.41) is 0. The Hall–Kier alpha value is -2.13. The Balaban J connectivity index is 1.80. The van der Waals surface area contributed by atoms with Crippen LogP contribution in [0.1, 0.15) is 58.9 Å². The molecule has 1 fully saturated rings. The Bertz CT molecular complexity index is 933. The average molecular weight is 524 g/mol. The van der Waals surface area contributed by atoms with Gasteiger partial charge in [-0.05, 0) is 69.3 Å². The van der Waals surface area contributed by atoms with Crippen molar-refractivity contribution in [1.82, 2.24) is 14.7 Å². The quantitative estimate of drug-likeness (QED) is 0.365. The van der Waals surface area contributed by atoms with Gasteiger partial charge in [0.15, 0.2) is 9.84 Å². The first kappa shape index (κ1) is 30.1. The maximum atomic E-state index is 12.6. The number of rotatable bonds is 13. The van der Waals surface area contributed by atoms with E-state index in [-0.39, 0.29) is 17.9 Å². The van der Waals surface area contributed by atoms with Crippen molar-refractivity contribution in [2.75, 3.05) is 52.1 Å². The molecule has 0 bridgehead atoms. The van der Waals surface area contributed by atoms with Crippen molar-refractivity contribution >= 4 is 21.8 Å². The topological polar surface area (TPSA) is 87.2 Å². The van der Waals surface area contributed by atoms with Crippen LogP contribution in [0.3, 0.4) is 0 Å². The summed E-state index contributed by atoms with van der Waals surface area (Å²) in [5.41, 5.74) is 1.13. The number of benzene rings is 1. The highest BCUT2D eigenvalue weighted by atomic mass is 32.2. The van der Waals surface area contributed by atoms with Gasteiger partial charge in [-0.1, -0.05) is 32.9 Å². The van der Waals surface area contributed by atoms with Crippen molar-refractivity contribution in [3.8, 4) is 0 Å².